The van der Waals surface area contributed by atoms with E-state index in [1.807, 2.05) is 0 Å². The smallest absolute Gasteiger partial charge is 1.00 e. The van der Waals surface area contributed by atoms with Crippen LogP contribution in [0.15, 0.2) is 0 Å². The molecule has 1 aliphatic heterocycles. The van der Waals surface area contributed by atoms with E-state index in [9.17, 15) is 0 Å². The van der Waals surface area contributed by atoms with Gasteiger partial charge in [-0.1, -0.05) is 19.6 Å². The van der Waals surface area contributed by atoms with Crippen molar-refractivity contribution in [3.63, 3.8) is 0 Å². The SMILES string of the molecule is C[Si](C)(C)C1SCCCS1.[H-].[Li+]. The Labute approximate surface area is 93.3 Å². The first-order valence-electron chi connectivity index (χ1n) is 3.84. The summed E-state index contributed by atoms with van der Waals surface area (Å²) in [4.78, 5) is 0. The Kier molecular flexibility index (Phi) is 6.02. The molecule has 4 heteroatoms. The molecular formula is C7H17LiS2Si. The molecule has 1 heterocycles. The van der Waals surface area contributed by atoms with E-state index >= 15 is 0 Å². The van der Waals surface area contributed by atoms with Gasteiger partial charge >= 0.3 is 18.9 Å². The van der Waals surface area contributed by atoms with Crippen LogP contribution in [0.3, 0.4) is 0 Å². The second-order valence-corrected chi connectivity index (χ2v) is 12.7. The van der Waals surface area contributed by atoms with Gasteiger partial charge in [-0.3, -0.25) is 0 Å². The van der Waals surface area contributed by atoms with Crippen LogP contribution in [0.25, 0.3) is 0 Å². The van der Waals surface area contributed by atoms with E-state index in [-0.39, 0.29) is 20.3 Å². The zero-order valence-corrected chi connectivity index (χ0v) is 10.6. The second-order valence-electron chi connectivity index (χ2n) is 3.79. The van der Waals surface area contributed by atoms with Crippen molar-refractivity contribution in [2.45, 2.75) is 30.3 Å². The van der Waals surface area contributed by atoms with Crippen LogP contribution >= 0.6 is 23.5 Å². The summed E-state index contributed by atoms with van der Waals surface area (Å²) in [5.41, 5.74) is 0. The van der Waals surface area contributed by atoms with Gasteiger partial charge in [0.1, 0.15) is 0 Å². The molecule has 11 heavy (non-hydrogen) atoms. The van der Waals surface area contributed by atoms with Crippen molar-refractivity contribution >= 4 is 31.6 Å². The number of hydrogen-bond donors (Lipinski definition) is 0. The van der Waals surface area contributed by atoms with Crippen molar-refractivity contribution in [2.75, 3.05) is 11.5 Å². The maximum Gasteiger partial charge on any atom is 1.00 e. The monoisotopic (exact) mass is 200 g/mol. The summed E-state index contributed by atoms with van der Waals surface area (Å²) < 4.78 is 0.973. The molecule has 1 fully saturated rings. The van der Waals surface area contributed by atoms with Crippen molar-refractivity contribution in [3.8, 4) is 0 Å². The predicted octanol–water partition coefficient (Wildman–Crippen LogP) is 0.176. The van der Waals surface area contributed by atoms with Crippen LogP contribution in [0.2, 0.25) is 19.6 Å². The van der Waals surface area contributed by atoms with E-state index in [0.717, 1.165) is 4.21 Å². The summed E-state index contributed by atoms with van der Waals surface area (Å²) in [5, 5.41) is 0. The first kappa shape index (κ1) is 12.5. The summed E-state index contributed by atoms with van der Waals surface area (Å²) in [7, 11) is -0.830. The fourth-order valence-electron chi connectivity index (χ4n) is 0.988. The number of rotatable bonds is 1. The van der Waals surface area contributed by atoms with E-state index < -0.39 is 8.07 Å². The van der Waals surface area contributed by atoms with E-state index in [2.05, 4.69) is 43.2 Å². The molecule has 0 N–H and O–H groups in total. The molecule has 0 aromatic carbocycles. The maximum absolute atomic E-state index is 2.48. The van der Waals surface area contributed by atoms with Crippen LogP contribution in [0.4, 0.5) is 0 Å². The molecule has 0 nitrogen and oxygen atoms in total. The quantitative estimate of drug-likeness (QED) is 0.554. The molecule has 0 aromatic rings. The van der Waals surface area contributed by atoms with Crippen molar-refractivity contribution in [1.82, 2.24) is 0 Å². The molecule has 0 aromatic heterocycles. The number of hydrogen-bond acceptors (Lipinski definition) is 2. The van der Waals surface area contributed by atoms with Gasteiger partial charge in [0.15, 0.2) is 0 Å². The van der Waals surface area contributed by atoms with Crippen LogP contribution in [0.5, 0.6) is 0 Å². The Morgan fingerprint density at radius 3 is 1.91 bits per heavy atom. The second kappa shape index (κ2) is 5.29. The summed E-state index contributed by atoms with van der Waals surface area (Å²) in [5.74, 6) is 2.81. The van der Waals surface area contributed by atoms with Crippen LogP contribution in [-0.4, -0.2) is 23.8 Å². The summed E-state index contributed by atoms with van der Waals surface area (Å²) >= 11 is 4.39. The van der Waals surface area contributed by atoms with Gasteiger partial charge < -0.3 is 1.43 Å². The molecular weight excluding hydrogens is 183 g/mol. The topological polar surface area (TPSA) is 0 Å². The fourth-order valence-corrected chi connectivity index (χ4v) is 7.89. The van der Waals surface area contributed by atoms with E-state index in [4.69, 9.17) is 0 Å². The molecule has 0 radical (unpaired) electrons. The van der Waals surface area contributed by atoms with Crippen LogP contribution in [0.1, 0.15) is 7.85 Å². The van der Waals surface area contributed by atoms with Gasteiger partial charge in [-0.05, 0) is 17.9 Å². The Morgan fingerprint density at radius 1 is 1.18 bits per heavy atom. The van der Waals surface area contributed by atoms with Crippen LogP contribution in [0, 0.1) is 0 Å². The van der Waals surface area contributed by atoms with E-state index in [1.165, 1.54) is 17.9 Å². The Bertz CT molecular complexity index is 112. The van der Waals surface area contributed by atoms with Crippen molar-refractivity contribution < 1.29 is 20.3 Å². The van der Waals surface area contributed by atoms with Gasteiger partial charge in [0.2, 0.25) is 0 Å². The van der Waals surface area contributed by atoms with Gasteiger partial charge in [-0.2, -0.15) is 23.5 Å². The van der Waals surface area contributed by atoms with E-state index in [1.54, 1.807) is 0 Å². The summed E-state index contributed by atoms with van der Waals surface area (Å²) in [6, 6.07) is 0. The zero-order valence-electron chi connectivity index (χ0n) is 9.02. The van der Waals surface area contributed by atoms with Gasteiger partial charge in [-0.15, -0.1) is 0 Å². The minimum absolute atomic E-state index is 0. The molecule has 1 saturated heterocycles. The molecule has 0 unspecified atom stereocenters. The molecule has 0 saturated carbocycles. The fraction of sp³-hybridized carbons (Fsp3) is 1.00. The first-order valence-corrected chi connectivity index (χ1v) is 9.51. The average Bonchev–Trinajstić information content (AvgIpc) is 1.88. The number of thioether (sulfide) groups is 2. The van der Waals surface area contributed by atoms with Crippen molar-refractivity contribution in [2.24, 2.45) is 0 Å². The van der Waals surface area contributed by atoms with Crippen molar-refractivity contribution in [1.29, 1.82) is 0 Å². The molecule has 0 bridgehead atoms. The molecule has 0 atom stereocenters. The summed E-state index contributed by atoms with van der Waals surface area (Å²) in [6.45, 7) is 7.43. The molecule has 62 valence electrons. The Balaban J connectivity index is 0. The molecule has 0 amide bonds. The van der Waals surface area contributed by atoms with Crippen molar-refractivity contribution in [3.05, 3.63) is 0 Å². The van der Waals surface area contributed by atoms with E-state index in [0.29, 0.717) is 0 Å². The Hall–Kier alpha value is 1.51. The third-order valence-corrected chi connectivity index (χ3v) is 10.7. The van der Waals surface area contributed by atoms with Gasteiger partial charge in [0.25, 0.3) is 0 Å². The maximum atomic E-state index is 2.48. The standard InChI is InChI=1S/C7H16S2Si.Li.H/c1-10(2,3)7-8-5-4-6-9-7;;/h7H,4-6H2,1-3H3;;/q;+1;-1. The van der Waals surface area contributed by atoms with Gasteiger partial charge in [0.05, 0.1) is 8.07 Å². The van der Waals surface area contributed by atoms with Crippen LogP contribution < -0.4 is 18.9 Å². The largest absolute Gasteiger partial charge is 1.00 e. The minimum Gasteiger partial charge on any atom is -1.00 e. The predicted molar refractivity (Wildman–Crippen MR) is 57.8 cm³/mol. The molecule has 1 aliphatic rings. The molecule has 1 rings (SSSR count). The van der Waals surface area contributed by atoms with Gasteiger partial charge in [0, 0.05) is 4.21 Å². The third-order valence-electron chi connectivity index (χ3n) is 1.53. The zero-order chi connectivity index (χ0) is 7.61. The molecule has 0 spiro atoms. The molecule has 0 aliphatic carbocycles. The van der Waals surface area contributed by atoms with Gasteiger partial charge in [-0.25, -0.2) is 0 Å². The normalized spacial score (nSPS) is 21.0. The first-order chi connectivity index (χ1) is 4.61. The average molecular weight is 200 g/mol. The van der Waals surface area contributed by atoms with Crippen LogP contribution in [-0.2, 0) is 0 Å². The summed E-state index contributed by atoms with van der Waals surface area (Å²) in [6.07, 6.45) is 1.43. The Morgan fingerprint density at radius 2 is 1.64 bits per heavy atom. The third kappa shape index (κ3) is 4.33. The minimum atomic E-state index is -0.830.